The van der Waals surface area contributed by atoms with E-state index in [1.165, 1.54) is 0 Å². The predicted octanol–water partition coefficient (Wildman–Crippen LogP) is 1.43. The van der Waals surface area contributed by atoms with E-state index in [0.717, 1.165) is 10.9 Å². The number of carbonyl (C=O) groups is 1. The fourth-order valence-electron chi connectivity index (χ4n) is 1.65. The van der Waals surface area contributed by atoms with Crippen LogP contribution in [-0.2, 0) is 11.2 Å². The molecule has 17 heavy (non-hydrogen) atoms. The molecule has 5 nitrogen and oxygen atoms in total. The lowest BCUT2D eigenvalue weighted by Gasteiger charge is -2.03. The Labute approximate surface area is 97.2 Å². The average Bonchev–Trinajstić information content (AvgIpc) is 2.71. The van der Waals surface area contributed by atoms with Crippen LogP contribution in [0.4, 0.5) is 0 Å². The molecule has 0 fully saturated rings. The molecule has 0 unspecified atom stereocenters. The quantitative estimate of drug-likeness (QED) is 0.820. The summed E-state index contributed by atoms with van der Waals surface area (Å²) in [5, 5.41) is 18.3. The van der Waals surface area contributed by atoms with Gasteiger partial charge in [0, 0.05) is 17.6 Å². The number of rotatable bonds is 5. The molecule has 0 saturated carbocycles. The molecule has 5 heteroatoms. The van der Waals surface area contributed by atoms with Crippen LogP contribution >= 0.6 is 0 Å². The molecule has 1 aromatic heterocycles. The van der Waals surface area contributed by atoms with Gasteiger partial charge in [0.25, 0.3) is 0 Å². The average molecular weight is 236 g/mol. The molecule has 0 aliphatic heterocycles. The number of benzene rings is 1. The lowest BCUT2D eigenvalue weighted by Crippen LogP contribution is -2.09. The minimum Gasteiger partial charge on any atom is -0.479 e. The highest BCUT2D eigenvalue weighted by molar-refractivity contribution is 5.86. The zero-order valence-corrected chi connectivity index (χ0v) is 9.05. The van der Waals surface area contributed by atoms with Crippen LogP contribution in [-0.4, -0.2) is 29.4 Å². The fraction of sp³-hybridized carbons (Fsp3) is 0.250. The third-order valence-corrected chi connectivity index (χ3v) is 2.38. The highest BCUT2D eigenvalue weighted by Crippen LogP contribution is 2.29. The van der Waals surface area contributed by atoms with Gasteiger partial charge in [0.1, 0.15) is 0 Å². The minimum absolute atomic E-state index is 0.0366. The summed E-state index contributed by atoms with van der Waals surface area (Å²) in [6, 6.07) is 5.25. The Kier molecular flexibility index (Phi) is 3.30. The molecular weight excluding hydrogens is 224 g/mol. The summed E-state index contributed by atoms with van der Waals surface area (Å²) in [6.45, 7) is -0.371. The maximum Gasteiger partial charge on any atom is 0.341 e. The Balaban J connectivity index is 2.34. The summed E-state index contributed by atoms with van der Waals surface area (Å²) < 4.78 is 10.5. The Morgan fingerprint density at radius 3 is 2.94 bits per heavy atom. The third kappa shape index (κ3) is 2.39. The van der Waals surface area contributed by atoms with Gasteiger partial charge >= 0.3 is 5.97 Å². The predicted molar refractivity (Wildman–Crippen MR) is 60.1 cm³/mol. The number of hydrogen-bond acceptors (Lipinski definition) is 4. The van der Waals surface area contributed by atoms with E-state index in [0.29, 0.717) is 17.8 Å². The van der Waals surface area contributed by atoms with Crippen molar-refractivity contribution in [1.82, 2.24) is 0 Å². The van der Waals surface area contributed by atoms with Crippen molar-refractivity contribution in [3.8, 4) is 5.75 Å². The van der Waals surface area contributed by atoms with Crippen molar-refractivity contribution in [3.63, 3.8) is 0 Å². The van der Waals surface area contributed by atoms with E-state index in [2.05, 4.69) is 0 Å². The molecule has 0 bridgehead atoms. The molecule has 1 aromatic carbocycles. The zero-order chi connectivity index (χ0) is 12.3. The van der Waals surface area contributed by atoms with Gasteiger partial charge in [-0.2, -0.15) is 0 Å². The summed E-state index contributed by atoms with van der Waals surface area (Å²) in [7, 11) is 0. The van der Waals surface area contributed by atoms with E-state index in [-0.39, 0.29) is 6.61 Å². The molecule has 0 saturated heterocycles. The number of para-hydroxylation sites is 1. The van der Waals surface area contributed by atoms with Crippen LogP contribution in [0.25, 0.3) is 11.0 Å². The van der Waals surface area contributed by atoms with Gasteiger partial charge in [-0.3, -0.25) is 0 Å². The van der Waals surface area contributed by atoms with Gasteiger partial charge in [0.15, 0.2) is 17.9 Å². The highest BCUT2D eigenvalue weighted by atomic mass is 16.5. The molecule has 2 rings (SSSR count). The van der Waals surface area contributed by atoms with Crippen LogP contribution in [0, 0.1) is 0 Å². The number of fused-ring (bicyclic) bond motifs is 1. The zero-order valence-electron chi connectivity index (χ0n) is 9.05. The standard InChI is InChI=1S/C12H12O5/c13-5-4-8-6-17-12-9(8)2-1-3-10(12)16-7-11(14)15/h1-3,6,13H,4-5,7H2,(H,14,15). The second-order valence-electron chi connectivity index (χ2n) is 3.55. The van der Waals surface area contributed by atoms with Crippen LogP contribution in [0.5, 0.6) is 5.75 Å². The van der Waals surface area contributed by atoms with Crippen molar-refractivity contribution in [2.24, 2.45) is 0 Å². The van der Waals surface area contributed by atoms with Crippen molar-refractivity contribution < 1.29 is 24.2 Å². The Morgan fingerprint density at radius 1 is 1.41 bits per heavy atom. The van der Waals surface area contributed by atoms with Crippen molar-refractivity contribution >= 4 is 16.9 Å². The molecule has 1 heterocycles. The number of aliphatic hydroxyl groups is 1. The van der Waals surface area contributed by atoms with Crippen LogP contribution in [0.2, 0.25) is 0 Å². The first-order chi connectivity index (χ1) is 8.22. The summed E-state index contributed by atoms with van der Waals surface area (Å²) in [5.41, 5.74) is 1.39. The van der Waals surface area contributed by atoms with Gasteiger partial charge in [0.2, 0.25) is 0 Å². The molecule has 0 spiro atoms. The molecule has 90 valence electrons. The van der Waals surface area contributed by atoms with Crippen molar-refractivity contribution in [2.45, 2.75) is 6.42 Å². The largest absolute Gasteiger partial charge is 0.479 e. The Morgan fingerprint density at radius 2 is 2.24 bits per heavy atom. The van der Waals surface area contributed by atoms with Gasteiger partial charge in [-0.25, -0.2) is 4.79 Å². The molecule has 2 N–H and O–H groups in total. The normalized spacial score (nSPS) is 10.6. The fourth-order valence-corrected chi connectivity index (χ4v) is 1.65. The van der Waals surface area contributed by atoms with Gasteiger partial charge in [0.05, 0.1) is 6.26 Å². The van der Waals surface area contributed by atoms with Crippen molar-refractivity contribution in [2.75, 3.05) is 13.2 Å². The second kappa shape index (κ2) is 4.88. The van der Waals surface area contributed by atoms with Crippen LogP contribution in [0.3, 0.4) is 0 Å². The molecular formula is C12H12O5. The second-order valence-corrected chi connectivity index (χ2v) is 3.55. The van der Waals surface area contributed by atoms with Crippen molar-refractivity contribution in [1.29, 1.82) is 0 Å². The Hall–Kier alpha value is -2.01. The SMILES string of the molecule is O=C(O)COc1cccc2c(CCO)coc12. The number of aliphatic hydroxyl groups excluding tert-OH is 1. The van der Waals surface area contributed by atoms with Gasteiger partial charge < -0.3 is 19.4 Å². The first kappa shape index (κ1) is 11.5. The van der Waals surface area contributed by atoms with E-state index >= 15 is 0 Å². The van der Waals surface area contributed by atoms with Gasteiger partial charge in [-0.1, -0.05) is 12.1 Å². The maximum atomic E-state index is 10.4. The van der Waals surface area contributed by atoms with E-state index in [4.69, 9.17) is 19.4 Å². The molecule has 0 aliphatic carbocycles. The first-order valence-electron chi connectivity index (χ1n) is 5.17. The molecule has 0 amide bonds. The van der Waals surface area contributed by atoms with Crippen LogP contribution < -0.4 is 4.74 Å². The summed E-state index contributed by atoms with van der Waals surface area (Å²) in [5.74, 6) is -0.641. The number of ether oxygens (including phenoxy) is 1. The van der Waals surface area contributed by atoms with E-state index in [1.54, 1.807) is 18.4 Å². The van der Waals surface area contributed by atoms with E-state index < -0.39 is 12.6 Å². The van der Waals surface area contributed by atoms with Crippen LogP contribution in [0.1, 0.15) is 5.56 Å². The molecule has 2 aromatic rings. The topological polar surface area (TPSA) is 79.9 Å². The first-order valence-corrected chi connectivity index (χ1v) is 5.17. The van der Waals surface area contributed by atoms with E-state index in [9.17, 15) is 4.79 Å². The minimum atomic E-state index is -1.04. The van der Waals surface area contributed by atoms with Crippen LogP contribution in [0.15, 0.2) is 28.9 Å². The lowest BCUT2D eigenvalue weighted by molar-refractivity contribution is -0.139. The smallest absolute Gasteiger partial charge is 0.341 e. The maximum absolute atomic E-state index is 10.4. The summed E-state index contributed by atoms with van der Waals surface area (Å²) in [4.78, 5) is 10.4. The van der Waals surface area contributed by atoms with Gasteiger partial charge in [-0.05, 0) is 12.5 Å². The van der Waals surface area contributed by atoms with Gasteiger partial charge in [-0.15, -0.1) is 0 Å². The van der Waals surface area contributed by atoms with Crippen molar-refractivity contribution in [3.05, 3.63) is 30.0 Å². The molecule has 0 radical (unpaired) electrons. The summed E-state index contributed by atoms with van der Waals surface area (Å²) in [6.07, 6.45) is 2.05. The van der Waals surface area contributed by atoms with E-state index in [1.807, 2.05) is 6.07 Å². The Bertz CT molecular complexity index is 529. The molecule has 0 aliphatic rings. The number of carboxylic acids is 1. The monoisotopic (exact) mass is 236 g/mol. The number of furan rings is 1. The lowest BCUT2D eigenvalue weighted by atomic mass is 10.1. The number of carboxylic acid groups (broad SMARTS) is 1. The highest BCUT2D eigenvalue weighted by Gasteiger charge is 2.11. The number of aliphatic carboxylic acids is 1. The third-order valence-electron chi connectivity index (χ3n) is 2.38. The summed E-state index contributed by atoms with van der Waals surface area (Å²) >= 11 is 0. The molecule has 0 atom stereocenters. The number of hydrogen-bond donors (Lipinski definition) is 2.